The average Bonchev–Trinajstić information content (AvgIpc) is 3.18. The topological polar surface area (TPSA) is 55.4 Å². The molecule has 4 nitrogen and oxygen atoms in total. The Morgan fingerprint density at radius 2 is 2.04 bits per heavy atom. The van der Waals surface area contributed by atoms with Crippen LogP contribution < -0.4 is 5.32 Å². The van der Waals surface area contributed by atoms with Crippen molar-refractivity contribution in [2.24, 2.45) is 5.92 Å². The second-order valence-corrected chi connectivity index (χ2v) is 7.74. The molecule has 1 aromatic heterocycles. The number of rotatable bonds is 5. The molecule has 0 unspecified atom stereocenters. The molecule has 1 N–H and O–H groups in total. The van der Waals surface area contributed by atoms with Crippen molar-refractivity contribution in [3.05, 3.63) is 51.9 Å². The predicted octanol–water partition coefficient (Wildman–Crippen LogP) is 4.16. The lowest BCUT2D eigenvalue weighted by molar-refractivity contribution is -0.117. The summed E-state index contributed by atoms with van der Waals surface area (Å²) in [4.78, 5) is 26.3. The van der Waals surface area contributed by atoms with Crippen molar-refractivity contribution in [2.75, 3.05) is 11.9 Å². The first-order chi connectivity index (χ1) is 12.2. The third-order valence-corrected chi connectivity index (χ3v) is 6.20. The molecule has 1 saturated carbocycles. The summed E-state index contributed by atoms with van der Waals surface area (Å²) in [5, 5.41) is 3.69. The van der Waals surface area contributed by atoms with E-state index in [2.05, 4.69) is 17.4 Å². The van der Waals surface area contributed by atoms with Gasteiger partial charge in [-0.25, -0.2) is 4.79 Å². The number of nitrogens with one attached hydrogen (secondary N) is 1. The summed E-state index contributed by atoms with van der Waals surface area (Å²) >= 11 is 1.54. The molecule has 0 aliphatic heterocycles. The molecule has 0 spiro atoms. The first-order valence-corrected chi connectivity index (χ1v) is 9.68. The molecule has 25 heavy (non-hydrogen) atoms. The molecule has 2 aliphatic carbocycles. The van der Waals surface area contributed by atoms with E-state index in [9.17, 15) is 9.59 Å². The summed E-state index contributed by atoms with van der Waals surface area (Å²) in [5.41, 5.74) is 2.88. The average molecular weight is 355 g/mol. The number of hydrogen-bond acceptors (Lipinski definition) is 4. The van der Waals surface area contributed by atoms with Crippen LogP contribution in [0.2, 0.25) is 0 Å². The van der Waals surface area contributed by atoms with Crippen LogP contribution in [0, 0.1) is 5.92 Å². The Bertz CT molecular complexity index is 812. The van der Waals surface area contributed by atoms with Gasteiger partial charge < -0.3 is 10.1 Å². The van der Waals surface area contributed by atoms with E-state index in [0.717, 1.165) is 31.2 Å². The second kappa shape index (κ2) is 6.64. The third-order valence-electron chi connectivity index (χ3n) is 4.99. The summed E-state index contributed by atoms with van der Waals surface area (Å²) in [7, 11) is 0. The summed E-state index contributed by atoms with van der Waals surface area (Å²) in [6, 6.07) is 10.1. The van der Waals surface area contributed by atoms with Crippen LogP contribution in [0.4, 0.5) is 5.00 Å². The minimum absolute atomic E-state index is 0.00520. The molecule has 5 heteroatoms. The zero-order chi connectivity index (χ0) is 17.4. The molecule has 1 amide bonds. The van der Waals surface area contributed by atoms with Gasteiger partial charge in [-0.05, 0) is 49.7 Å². The van der Waals surface area contributed by atoms with Gasteiger partial charge in [-0.1, -0.05) is 30.3 Å². The smallest absolute Gasteiger partial charge is 0.341 e. The zero-order valence-electron chi connectivity index (χ0n) is 14.2. The molecule has 2 atom stereocenters. The Kier molecular flexibility index (Phi) is 4.34. The van der Waals surface area contributed by atoms with Gasteiger partial charge in [0, 0.05) is 10.8 Å². The van der Waals surface area contributed by atoms with E-state index in [1.54, 1.807) is 18.3 Å². The van der Waals surface area contributed by atoms with E-state index in [0.29, 0.717) is 23.1 Å². The molecule has 4 rings (SSSR count). The number of esters is 1. The Hall–Kier alpha value is -2.14. The van der Waals surface area contributed by atoms with Crippen molar-refractivity contribution >= 4 is 28.2 Å². The standard InChI is InChI=1S/C20H21NO3S/c1-2-24-20(23)17-13-9-6-10-16(13)25-19(17)21-18(22)15-11-14(15)12-7-4-3-5-8-12/h3-5,7-8,14-15H,2,6,9-11H2,1H3,(H,21,22)/t14-,15-/m0/s1. The van der Waals surface area contributed by atoms with Gasteiger partial charge in [0.25, 0.3) is 0 Å². The number of anilines is 1. The number of fused-ring (bicyclic) bond motifs is 1. The second-order valence-electron chi connectivity index (χ2n) is 6.63. The SMILES string of the molecule is CCOC(=O)c1c(NC(=O)[C@H]2C[C@H]2c2ccccc2)sc2c1CCC2. The van der Waals surface area contributed by atoms with Gasteiger partial charge in [0.15, 0.2) is 0 Å². The highest BCUT2D eigenvalue weighted by molar-refractivity contribution is 7.17. The number of thiophene rings is 1. The van der Waals surface area contributed by atoms with Crippen molar-refractivity contribution in [1.82, 2.24) is 0 Å². The van der Waals surface area contributed by atoms with E-state index >= 15 is 0 Å². The maximum atomic E-state index is 12.7. The van der Waals surface area contributed by atoms with Crippen LogP contribution in [0.1, 0.15) is 52.0 Å². The van der Waals surface area contributed by atoms with Gasteiger partial charge in [0.05, 0.1) is 12.2 Å². The summed E-state index contributed by atoms with van der Waals surface area (Å²) < 4.78 is 5.22. The van der Waals surface area contributed by atoms with Gasteiger partial charge in [-0.3, -0.25) is 4.79 Å². The minimum Gasteiger partial charge on any atom is -0.462 e. The number of carbonyl (C=O) groups excluding carboxylic acids is 2. The van der Waals surface area contributed by atoms with Crippen LogP contribution in [-0.2, 0) is 22.4 Å². The number of ether oxygens (including phenoxy) is 1. The van der Waals surface area contributed by atoms with Crippen molar-refractivity contribution in [3.63, 3.8) is 0 Å². The quantitative estimate of drug-likeness (QED) is 0.820. The number of hydrogen-bond donors (Lipinski definition) is 1. The lowest BCUT2D eigenvalue weighted by Gasteiger charge is -2.08. The molecule has 2 aliphatic rings. The molecular formula is C20H21NO3S. The van der Waals surface area contributed by atoms with Gasteiger partial charge in [0.2, 0.25) is 5.91 Å². The Labute approximate surface area is 151 Å². The van der Waals surface area contributed by atoms with Crippen LogP contribution in [-0.4, -0.2) is 18.5 Å². The molecule has 0 bridgehead atoms. The normalized spacial score (nSPS) is 20.8. The van der Waals surface area contributed by atoms with Crippen LogP contribution >= 0.6 is 11.3 Å². The molecule has 2 aromatic rings. The number of benzene rings is 1. The van der Waals surface area contributed by atoms with E-state index in [1.807, 2.05) is 18.2 Å². The van der Waals surface area contributed by atoms with Crippen molar-refractivity contribution < 1.29 is 14.3 Å². The van der Waals surface area contributed by atoms with E-state index in [1.165, 1.54) is 10.4 Å². The fraction of sp³-hybridized carbons (Fsp3) is 0.400. The van der Waals surface area contributed by atoms with Gasteiger partial charge in [-0.2, -0.15) is 0 Å². The van der Waals surface area contributed by atoms with Gasteiger partial charge in [0.1, 0.15) is 5.00 Å². The van der Waals surface area contributed by atoms with Crippen molar-refractivity contribution in [2.45, 2.75) is 38.5 Å². The summed E-state index contributed by atoms with van der Waals surface area (Å²) in [6.07, 6.45) is 3.82. The summed E-state index contributed by atoms with van der Waals surface area (Å²) in [6.45, 7) is 2.15. The lowest BCUT2D eigenvalue weighted by Crippen LogP contribution is -2.17. The fourth-order valence-electron chi connectivity index (χ4n) is 3.67. The molecule has 1 aromatic carbocycles. The van der Waals surface area contributed by atoms with Crippen molar-refractivity contribution in [1.29, 1.82) is 0 Å². The van der Waals surface area contributed by atoms with Gasteiger partial charge >= 0.3 is 5.97 Å². The highest BCUT2D eigenvalue weighted by Crippen LogP contribution is 2.48. The van der Waals surface area contributed by atoms with Gasteiger partial charge in [-0.15, -0.1) is 11.3 Å². The van der Waals surface area contributed by atoms with Crippen LogP contribution in [0.15, 0.2) is 30.3 Å². The molecule has 0 radical (unpaired) electrons. The van der Waals surface area contributed by atoms with E-state index in [-0.39, 0.29) is 17.8 Å². The number of aryl methyl sites for hydroxylation is 1. The fourth-order valence-corrected chi connectivity index (χ4v) is 4.95. The largest absolute Gasteiger partial charge is 0.462 e. The van der Waals surface area contributed by atoms with Crippen LogP contribution in [0.3, 0.4) is 0 Å². The van der Waals surface area contributed by atoms with Crippen LogP contribution in [0.25, 0.3) is 0 Å². The first-order valence-electron chi connectivity index (χ1n) is 8.86. The molecule has 1 heterocycles. The predicted molar refractivity (Wildman–Crippen MR) is 98.2 cm³/mol. The third kappa shape index (κ3) is 3.09. The van der Waals surface area contributed by atoms with Crippen molar-refractivity contribution in [3.8, 4) is 0 Å². The Morgan fingerprint density at radius 3 is 2.80 bits per heavy atom. The molecular weight excluding hydrogens is 334 g/mol. The van der Waals surface area contributed by atoms with Crippen LogP contribution in [0.5, 0.6) is 0 Å². The molecule has 1 fully saturated rings. The lowest BCUT2D eigenvalue weighted by atomic mass is 10.1. The Morgan fingerprint density at radius 1 is 1.24 bits per heavy atom. The number of amides is 1. The zero-order valence-corrected chi connectivity index (χ0v) is 15.0. The summed E-state index contributed by atoms with van der Waals surface area (Å²) in [5.74, 6) is -0.0135. The monoisotopic (exact) mass is 355 g/mol. The minimum atomic E-state index is -0.312. The highest BCUT2D eigenvalue weighted by atomic mass is 32.1. The highest BCUT2D eigenvalue weighted by Gasteiger charge is 2.44. The molecule has 130 valence electrons. The van der Waals surface area contributed by atoms with E-state index < -0.39 is 0 Å². The first kappa shape index (κ1) is 16.3. The van der Waals surface area contributed by atoms with E-state index in [4.69, 9.17) is 4.74 Å². The maximum Gasteiger partial charge on any atom is 0.341 e. The maximum absolute atomic E-state index is 12.7. The Balaban J connectivity index is 1.52. The molecule has 0 saturated heterocycles. The number of carbonyl (C=O) groups is 2.